The number of aryl methyl sites for hydroxylation is 2. The highest BCUT2D eigenvalue weighted by Crippen LogP contribution is 2.44. The van der Waals surface area contributed by atoms with Crippen LogP contribution in [0.15, 0.2) is 30.5 Å². The lowest BCUT2D eigenvalue weighted by atomic mass is 9.75. The van der Waals surface area contributed by atoms with Gasteiger partial charge in [-0.2, -0.15) is 4.39 Å². The number of carbonyl (C=O) groups is 1. The molecule has 0 radical (unpaired) electrons. The molecule has 1 fully saturated rings. The van der Waals surface area contributed by atoms with Gasteiger partial charge in [0.2, 0.25) is 0 Å². The number of pyridine rings is 1. The minimum atomic E-state index is -0.169. The largest absolute Gasteiger partial charge is 0.336 e. The van der Waals surface area contributed by atoms with Crippen molar-refractivity contribution in [1.82, 2.24) is 20.5 Å². The molecule has 3 rings (SSSR count). The highest BCUT2D eigenvalue weighted by molar-refractivity contribution is 7.10. The van der Waals surface area contributed by atoms with Crippen molar-refractivity contribution in [3.05, 3.63) is 51.7 Å². The van der Waals surface area contributed by atoms with Crippen molar-refractivity contribution in [2.45, 2.75) is 78.4 Å². The maximum Gasteiger partial charge on any atom is 0.315 e. The summed E-state index contributed by atoms with van der Waals surface area (Å²) in [5.41, 5.74) is 1.94. The summed E-state index contributed by atoms with van der Waals surface area (Å²) in [6, 6.07) is 7.59. The number of amides is 2. The molecule has 32 heavy (non-hydrogen) atoms. The Bertz CT molecular complexity index is 911. The number of nitrogens with one attached hydrogen (secondary N) is 2. The lowest BCUT2D eigenvalue weighted by molar-refractivity contribution is 0.113. The lowest BCUT2D eigenvalue weighted by Gasteiger charge is -2.40. The van der Waals surface area contributed by atoms with Crippen LogP contribution in [-0.2, 0) is 12.0 Å². The molecule has 1 aliphatic rings. The molecule has 1 saturated heterocycles. The number of halogens is 1. The van der Waals surface area contributed by atoms with E-state index in [1.165, 1.54) is 16.9 Å². The number of urea groups is 1. The Kier molecular flexibility index (Phi) is 7.61. The van der Waals surface area contributed by atoms with E-state index in [0.717, 1.165) is 42.9 Å². The molecule has 2 aromatic rings. The van der Waals surface area contributed by atoms with Gasteiger partial charge in [-0.15, -0.1) is 11.3 Å². The number of rotatable bonds is 8. The predicted octanol–water partition coefficient (Wildman–Crippen LogP) is 5.25. The second kappa shape index (κ2) is 9.87. The van der Waals surface area contributed by atoms with Gasteiger partial charge in [0.25, 0.3) is 0 Å². The van der Waals surface area contributed by atoms with Gasteiger partial charge < -0.3 is 10.6 Å². The van der Waals surface area contributed by atoms with E-state index >= 15 is 0 Å². The number of carbonyl (C=O) groups excluding carboxylic acids is 1. The van der Waals surface area contributed by atoms with Crippen LogP contribution in [-0.4, -0.2) is 41.1 Å². The van der Waals surface area contributed by atoms with E-state index in [9.17, 15) is 9.18 Å². The van der Waals surface area contributed by atoms with Crippen molar-refractivity contribution in [2.24, 2.45) is 5.41 Å². The molecule has 0 aliphatic carbocycles. The van der Waals surface area contributed by atoms with Gasteiger partial charge in [0.05, 0.1) is 0 Å². The summed E-state index contributed by atoms with van der Waals surface area (Å²) in [4.78, 5) is 20.6. The zero-order valence-electron chi connectivity index (χ0n) is 20.2. The number of aromatic nitrogens is 1. The Labute approximate surface area is 195 Å². The van der Waals surface area contributed by atoms with Gasteiger partial charge >= 0.3 is 6.03 Å². The number of likely N-dealkylation sites (tertiary alicyclic amines) is 1. The lowest BCUT2D eigenvalue weighted by Crippen LogP contribution is -2.52. The van der Waals surface area contributed by atoms with Crippen LogP contribution in [0.25, 0.3) is 0 Å². The Hall–Kier alpha value is -1.99. The monoisotopic (exact) mass is 460 g/mol. The molecule has 7 heteroatoms. The molecule has 1 aliphatic heterocycles. The van der Waals surface area contributed by atoms with Gasteiger partial charge in [-0.1, -0.05) is 6.07 Å². The van der Waals surface area contributed by atoms with E-state index in [0.29, 0.717) is 0 Å². The number of hydrogen-bond acceptors (Lipinski definition) is 4. The van der Waals surface area contributed by atoms with Crippen LogP contribution in [0.4, 0.5) is 9.18 Å². The first-order valence-electron chi connectivity index (χ1n) is 11.5. The van der Waals surface area contributed by atoms with Crippen LogP contribution < -0.4 is 10.6 Å². The maximum atomic E-state index is 13.5. The summed E-state index contributed by atoms with van der Waals surface area (Å²) in [7, 11) is 0. The quantitative estimate of drug-likeness (QED) is 0.566. The van der Waals surface area contributed by atoms with Crippen molar-refractivity contribution in [3.63, 3.8) is 0 Å². The molecule has 2 N–H and O–H groups in total. The minimum absolute atomic E-state index is 0.0111. The van der Waals surface area contributed by atoms with Crippen LogP contribution in [0.5, 0.6) is 0 Å². The van der Waals surface area contributed by atoms with Gasteiger partial charge in [-0.3, -0.25) is 9.88 Å². The molecule has 0 bridgehead atoms. The first-order chi connectivity index (χ1) is 15.0. The fourth-order valence-electron chi connectivity index (χ4n) is 4.67. The Morgan fingerprint density at radius 1 is 1.25 bits per heavy atom. The van der Waals surface area contributed by atoms with Crippen molar-refractivity contribution >= 4 is 17.4 Å². The standard InChI is InChI=1S/C25H37FN4OS/c1-17(2)28-23(31)29-19(4)25(12-11-21-9-10-22(26)32-21)13-14-30(16-25)24(5,6)20-8-7-18(3)27-15-20/h7-10,15,17,19H,11-14,16H2,1-6H3,(H2,28,29,31)/t19-,25?/m0/s1. The molecule has 2 amide bonds. The Morgan fingerprint density at radius 2 is 2.00 bits per heavy atom. The fraction of sp³-hybridized carbons (Fsp3) is 0.600. The summed E-state index contributed by atoms with van der Waals surface area (Å²) in [5.74, 6) is 0. The number of hydrogen-bond donors (Lipinski definition) is 2. The molecule has 2 aromatic heterocycles. The van der Waals surface area contributed by atoms with E-state index in [1.807, 2.05) is 33.0 Å². The SMILES string of the molecule is Cc1ccc(C(C)(C)N2CCC(CCc3ccc(F)s3)([C@H](C)NC(=O)NC(C)C)C2)cn1. The van der Waals surface area contributed by atoms with Crippen LogP contribution >= 0.6 is 11.3 Å². The second-order valence-electron chi connectivity index (χ2n) is 9.98. The zero-order valence-corrected chi connectivity index (χ0v) is 21.0. The third kappa shape index (κ3) is 5.67. The van der Waals surface area contributed by atoms with Gasteiger partial charge in [-0.25, -0.2) is 4.79 Å². The highest BCUT2D eigenvalue weighted by atomic mass is 32.1. The van der Waals surface area contributed by atoms with E-state index < -0.39 is 0 Å². The van der Waals surface area contributed by atoms with E-state index in [4.69, 9.17) is 0 Å². The molecule has 176 valence electrons. The summed E-state index contributed by atoms with van der Waals surface area (Å²) in [6.07, 6.45) is 4.66. The van der Waals surface area contributed by atoms with Crippen molar-refractivity contribution in [1.29, 1.82) is 0 Å². The average Bonchev–Trinajstić information content (AvgIpc) is 3.33. The molecular formula is C25H37FN4OS. The summed E-state index contributed by atoms with van der Waals surface area (Å²) >= 11 is 1.22. The Morgan fingerprint density at radius 3 is 2.59 bits per heavy atom. The molecule has 2 atom stereocenters. The molecular weight excluding hydrogens is 423 g/mol. The zero-order chi connectivity index (χ0) is 23.5. The summed E-state index contributed by atoms with van der Waals surface area (Å²) in [6.45, 7) is 14.3. The molecule has 0 aromatic carbocycles. The smallest absolute Gasteiger partial charge is 0.315 e. The topological polar surface area (TPSA) is 57.3 Å². The molecule has 1 unspecified atom stereocenters. The van der Waals surface area contributed by atoms with Crippen molar-refractivity contribution in [2.75, 3.05) is 13.1 Å². The molecule has 3 heterocycles. The summed E-state index contributed by atoms with van der Waals surface area (Å²) < 4.78 is 13.5. The first kappa shape index (κ1) is 24.6. The van der Waals surface area contributed by atoms with Crippen LogP contribution in [0.3, 0.4) is 0 Å². The molecule has 5 nitrogen and oxygen atoms in total. The fourth-order valence-corrected chi connectivity index (χ4v) is 5.40. The highest BCUT2D eigenvalue weighted by Gasteiger charge is 2.47. The molecule has 0 spiro atoms. The first-order valence-corrected chi connectivity index (χ1v) is 12.3. The third-order valence-corrected chi connectivity index (χ3v) is 7.91. The molecule has 0 saturated carbocycles. The van der Waals surface area contributed by atoms with Crippen molar-refractivity contribution < 1.29 is 9.18 Å². The average molecular weight is 461 g/mol. The van der Waals surface area contributed by atoms with Gasteiger partial charge in [0.1, 0.15) is 0 Å². The van der Waals surface area contributed by atoms with Crippen LogP contribution in [0.1, 0.15) is 63.6 Å². The van der Waals surface area contributed by atoms with Gasteiger partial charge in [0.15, 0.2) is 5.13 Å². The predicted molar refractivity (Wildman–Crippen MR) is 129 cm³/mol. The van der Waals surface area contributed by atoms with Gasteiger partial charge in [0, 0.05) is 46.4 Å². The van der Waals surface area contributed by atoms with Crippen LogP contribution in [0, 0.1) is 17.5 Å². The number of nitrogens with zero attached hydrogens (tertiary/aromatic N) is 2. The van der Waals surface area contributed by atoms with E-state index in [2.05, 4.69) is 53.4 Å². The Balaban J connectivity index is 1.80. The van der Waals surface area contributed by atoms with Gasteiger partial charge in [-0.05, 0) is 91.1 Å². The summed E-state index contributed by atoms with van der Waals surface area (Å²) in [5, 5.41) is 6.00. The normalized spacial score (nSPS) is 20.5. The maximum absolute atomic E-state index is 13.5. The van der Waals surface area contributed by atoms with Crippen molar-refractivity contribution in [3.8, 4) is 0 Å². The second-order valence-corrected chi connectivity index (χ2v) is 11.1. The minimum Gasteiger partial charge on any atom is -0.336 e. The number of thiophene rings is 1. The third-order valence-electron chi connectivity index (χ3n) is 6.98. The van der Waals surface area contributed by atoms with E-state index in [-0.39, 0.29) is 34.2 Å². The van der Waals surface area contributed by atoms with Crippen LogP contribution in [0.2, 0.25) is 0 Å². The van der Waals surface area contributed by atoms with E-state index in [1.54, 1.807) is 6.07 Å².